The highest BCUT2D eigenvalue weighted by atomic mass is 32.2. The van der Waals surface area contributed by atoms with E-state index in [2.05, 4.69) is 5.11 Å². The number of hydrogen-bond donors (Lipinski definition) is 0. The lowest BCUT2D eigenvalue weighted by molar-refractivity contribution is 0.110. The number of benzene rings is 1. The smallest absolute Gasteiger partial charge is 0.218 e. The quantitative estimate of drug-likeness (QED) is 0.688. The van der Waals surface area contributed by atoms with Gasteiger partial charge in [0, 0.05) is 0 Å². The largest absolute Gasteiger partial charge is 0.228 e. The van der Waals surface area contributed by atoms with Gasteiger partial charge in [-0.15, -0.1) is 5.11 Å². The van der Waals surface area contributed by atoms with Crippen LogP contribution in [0.1, 0.15) is 5.56 Å². The van der Waals surface area contributed by atoms with E-state index in [0.717, 1.165) is 0 Å². The lowest BCUT2D eigenvalue weighted by Gasteiger charge is -2.04. The van der Waals surface area contributed by atoms with Crippen LogP contribution in [0.2, 0.25) is 0 Å². The van der Waals surface area contributed by atoms with Crippen molar-refractivity contribution in [2.24, 2.45) is 5.11 Å². The van der Waals surface area contributed by atoms with E-state index in [9.17, 15) is 13.5 Å². The van der Waals surface area contributed by atoms with Crippen LogP contribution in [0, 0.1) is 0 Å². The summed E-state index contributed by atoms with van der Waals surface area (Å²) in [7, 11) is -3.51. The molecule has 0 bridgehead atoms. The van der Waals surface area contributed by atoms with Crippen LogP contribution < -0.4 is 5.53 Å². The fourth-order valence-corrected chi connectivity index (χ4v) is 2.46. The van der Waals surface area contributed by atoms with Gasteiger partial charge < -0.3 is 0 Å². The number of nitrogens with zero attached hydrogens (tertiary/aromatic N) is 2. The lowest BCUT2D eigenvalue weighted by Crippen LogP contribution is -2.19. The van der Waals surface area contributed by atoms with E-state index < -0.39 is 21.8 Å². The first-order chi connectivity index (χ1) is 7.03. The molecule has 0 N–H and O–H groups in total. The maximum absolute atomic E-state index is 11.4. The SMILES string of the molecule is [N]=NC([O])CS(=O)(=O)Cc1ccccc1. The van der Waals surface area contributed by atoms with Gasteiger partial charge in [-0.05, 0) is 11.1 Å². The van der Waals surface area contributed by atoms with Gasteiger partial charge in [0.2, 0.25) is 6.23 Å². The molecular weight excluding hydrogens is 216 g/mol. The molecule has 1 atom stereocenters. The maximum Gasteiger partial charge on any atom is 0.218 e. The van der Waals surface area contributed by atoms with Crippen LogP contribution in [0.25, 0.3) is 0 Å². The van der Waals surface area contributed by atoms with Crippen LogP contribution in [-0.4, -0.2) is 20.4 Å². The van der Waals surface area contributed by atoms with E-state index >= 15 is 0 Å². The highest BCUT2D eigenvalue weighted by Crippen LogP contribution is 2.07. The molecule has 2 radical (unpaired) electrons. The second-order valence-corrected chi connectivity index (χ2v) is 5.22. The zero-order valence-electron chi connectivity index (χ0n) is 7.91. The third-order valence-electron chi connectivity index (χ3n) is 1.75. The fraction of sp³-hybridized carbons (Fsp3) is 0.333. The molecule has 0 aliphatic heterocycles. The molecule has 0 heterocycles. The summed E-state index contributed by atoms with van der Waals surface area (Å²) in [6.45, 7) is 0. The van der Waals surface area contributed by atoms with Crippen LogP contribution in [0.3, 0.4) is 0 Å². The third-order valence-corrected chi connectivity index (χ3v) is 3.32. The average Bonchev–Trinajstić information content (AvgIpc) is 2.17. The third kappa shape index (κ3) is 4.18. The molecule has 6 heteroatoms. The van der Waals surface area contributed by atoms with E-state index in [1.807, 2.05) is 0 Å². The standard InChI is InChI=1S/C9H10N2O3S/c10-11-9(12)7-15(13,14)6-8-4-2-1-3-5-8/h1-5,9H,6-7H2. The molecule has 1 aromatic rings. The molecule has 1 rings (SSSR count). The zero-order valence-corrected chi connectivity index (χ0v) is 8.72. The van der Waals surface area contributed by atoms with Gasteiger partial charge in [-0.1, -0.05) is 30.3 Å². The molecule has 1 aromatic carbocycles. The molecule has 0 aliphatic rings. The zero-order chi connectivity index (χ0) is 11.3. The second kappa shape index (κ2) is 4.99. The van der Waals surface area contributed by atoms with Crippen LogP contribution in [0.5, 0.6) is 0 Å². The summed E-state index contributed by atoms with van der Waals surface area (Å²) in [5.74, 6) is -0.888. The molecule has 0 aromatic heterocycles. The molecule has 0 fully saturated rings. The summed E-state index contributed by atoms with van der Waals surface area (Å²) in [4.78, 5) is 0. The molecule has 15 heavy (non-hydrogen) atoms. The number of sulfone groups is 1. The Labute approximate surface area is 88.2 Å². The molecule has 1 unspecified atom stereocenters. The lowest BCUT2D eigenvalue weighted by atomic mass is 10.2. The summed E-state index contributed by atoms with van der Waals surface area (Å²) in [6.07, 6.45) is -1.82. The fourth-order valence-electron chi connectivity index (χ4n) is 1.14. The Morgan fingerprint density at radius 3 is 2.40 bits per heavy atom. The van der Waals surface area contributed by atoms with Gasteiger partial charge in [0.05, 0.1) is 5.75 Å². The highest BCUT2D eigenvalue weighted by Gasteiger charge is 2.18. The van der Waals surface area contributed by atoms with Gasteiger partial charge in [0.1, 0.15) is 5.75 Å². The van der Waals surface area contributed by atoms with Gasteiger partial charge in [-0.3, -0.25) is 0 Å². The minimum atomic E-state index is -3.51. The van der Waals surface area contributed by atoms with Crippen LogP contribution in [0.15, 0.2) is 35.4 Å². The Morgan fingerprint density at radius 2 is 1.87 bits per heavy atom. The molecule has 0 saturated carbocycles. The van der Waals surface area contributed by atoms with Crippen molar-refractivity contribution in [1.82, 2.24) is 5.53 Å². The van der Waals surface area contributed by atoms with Crippen molar-refractivity contribution in [2.45, 2.75) is 12.0 Å². The summed E-state index contributed by atoms with van der Waals surface area (Å²) >= 11 is 0. The Balaban J connectivity index is 2.69. The minimum Gasteiger partial charge on any atom is -0.228 e. The summed E-state index contributed by atoms with van der Waals surface area (Å²) in [6, 6.07) is 8.53. The van der Waals surface area contributed by atoms with Crippen molar-refractivity contribution >= 4 is 9.84 Å². The first-order valence-corrected chi connectivity index (χ1v) is 6.10. The minimum absolute atomic E-state index is 0.206. The topological polar surface area (TPSA) is 88.7 Å². The van der Waals surface area contributed by atoms with Crippen molar-refractivity contribution in [3.63, 3.8) is 0 Å². The van der Waals surface area contributed by atoms with E-state index in [4.69, 9.17) is 5.53 Å². The van der Waals surface area contributed by atoms with Gasteiger partial charge in [-0.2, -0.15) is 0 Å². The first kappa shape index (κ1) is 11.8. The van der Waals surface area contributed by atoms with Gasteiger partial charge in [-0.25, -0.2) is 13.5 Å². The predicted octanol–water partition coefficient (Wildman–Crippen LogP) is 0.610. The van der Waals surface area contributed by atoms with Crippen molar-refractivity contribution in [1.29, 1.82) is 0 Å². The Hall–Kier alpha value is -1.27. The molecule has 0 spiro atoms. The van der Waals surface area contributed by atoms with E-state index in [0.29, 0.717) is 5.56 Å². The summed E-state index contributed by atoms with van der Waals surface area (Å²) in [5, 5.41) is 13.1. The monoisotopic (exact) mass is 226 g/mol. The van der Waals surface area contributed by atoms with Crippen LogP contribution in [-0.2, 0) is 20.7 Å². The normalized spacial score (nSPS) is 13.4. The number of rotatable bonds is 5. The van der Waals surface area contributed by atoms with Crippen molar-refractivity contribution in [3.8, 4) is 0 Å². The van der Waals surface area contributed by atoms with Gasteiger partial charge in [0.25, 0.3) is 0 Å². The Kier molecular flexibility index (Phi) is 3.93. The highest BCUT2D eigenvalue weighted by molar-refractivity contribution is 7.90. The molecule has 80 valence electrons. The van der Waals surface area contributed by atoms with E-state index in [1.54, 1.807) is 30.3 Å². The first-order valence-electron chi connectivity index (χ1n) is 4.28. The molecule has 5 nitrogen and oxygen atoms in total. The second-order valence-electron chi connectivity index (χ2n) is 3.11. The number of hydrogen-bond acceptors (Lipinski definition) is 3. The van der Waals surface area contributed by atoms with Crippen molar-refractivity contribution in [3.05, 3.63) is 35.9 Å². The predicted molar refractivity (Wildman–Crippen MR) is 53.0 cm³/mol. The van der Waals surface area contributed by atoms with Gasteiger partial charge in [0.15, 0.2) is 9.84 Å². The van der Waals surface area contributed by atoms with E-state index in [1.165, 1.54) is 0 Å². The Bertz CT molecular complexity index is 416. The van der Waals surface area contributed by atoms with Crippen LogP contribution >= 0.6 is 0 Å². The molecule has 0 amide bonds. The summed E-state index contributed by atoms with van der Waals surface area (Å²) in [5.41, 5.74) is 8.73. The average molecular weight is 226 g/mol. The summed E-state index contributed by atoms with van der Waals surface area (Å²) < 4.78 is 22.8. The van der Waals surface area contributed by atoms with Crippen molar-refractivity contribution in [2.75, 3.05) is 5.75 Å². The molecule has 0 saturated heterocycles. The molecule has 0 aliphatic carbocycles. The van der Waals surface area contributed by atoms with Gasteiger partial charge >= 0.3 is 0 Å². The Morgan fingerprint density at radius 1 is 1.27 bits per heavy atom. The van der Waals surface area contributed by atoms with Crippen LogP contribution in [0.4, 0.5) is 0 Å². The van der Waals surface area contributed by atoms with Crippen molar-refractivity contribution < 1.29 is 13.5 Å². The van der Waals surface area contributed by atoms with E-state index in [-0.39, 0.29) is 5.75 Å². The molecular formula is C9H10N2O3S. The maximum atomic E-state index is 11.4.